The standard InChI is InChI=1S/C11H12N4O2/c16-10(17)7-13-5-9-6-14-15-11(9)8-2-1-3-12-4-8/h1-4,6,13H,5,7H2,(H,14,15)(H,16,17). The fourth-order valence-corrected chi connectivity index (χ4v) is 1.51. The van der Waals surface area contributed by atoms with E-state index in [0.717, 1.165) is 16.8 Å². The summed E-state index contributed by atoms with van der Waals surface area (Å²) in [4.78, 5) is 14.4. The fourth-order valence-electron chi connectivity index (χ4n) is 1.51. The average Bonchev–Trinajstić information content (AvgIpc) is 2.78. The molecule has 0 aromatic carbocycles. The van der Waals surface area contributed by atoms with Crippen LogP contribution >= 0.6 is 0 Å². The van der Waals surface area contributed by atoms with E-state index in [2.05, 4.69) is 20.5 Å². The molecule has 0 saturated carbocycles. The van der Waals surface area contributed by atoms with Crippen LogP contribution in [0.1, 0.15) is 5.56 Å². The number of carboxylic acids is 1. The van der Waals surface area contributed by atoms with Crippen molar-refractivity contribution in [2.75, 3.05) is 6.54 Å². The molecule has 0 radical (unpaired) electrons. The summed E-state index contributed by atoms with van der Waals surface area (Å²) in [5.41, 5.74) is 2.70. The summed E-state index contributed by atoms with van der Waals surface area (Å²) in [6, 6.07) is 3.76. The van der Waals surface area contributed by atoms with Gasteiger partial charge in [0.25, 0.3) is 0 Å². The third-order valence-corrected chi connectivity index (χ3v) is 2.26. The molecule has 17 heavy (non-hydrogen) atoms. The number of aromatic amines is 1. The van der Waals surface area contributed by atoms with Crippen molar-refractivity contribution in [3.05, 3.63) is 36.3 Å². The normalized spacial score (nSPS) is 10.4. The Bertz CT molecular complexity index is 495. The Kier molecular flexibility index (Phi) is 3.46. The molecule has 2 aromatic rings. The lowest BCUT2D eigenvalue weighted by Gasteiger charge is -2.03. The molecule has 0 atom stereocenters. The van der Waals surface area contributed by atoms with Gasteiger partial charge < -0.3 is 10.4 Å². The topological polar surface area (TPSA) is 90.9 Å². The molecule has 0 aliphatic carbocycles. The van der Waals surface area contributed by atoms with Crippen molar-refractivity contribution in [3.8, 4) is 11.3 Å². The first-order valence-corrected chi connectivity index (χ1v) is 5.12. The van der Waals surface area contributed by atoms with E-state index in [1.165, 1.54) is 0 Å². The number of rotatable bonds is 5. The Balaban J connectivity index is 2.10. The molecular formula is C11H12N4O2. The number of nitrogens with one attached hydrogen (secondary N) is 2. The predicted octanol–water partition coefficient (Wildman–Crippen LogP) is 0.646. The summed E-state index contributed by atoms with van der Waals surface area (Å²) in [5, 5.41) is 18.2. The monoisotopic (exact) mass is 232 g/mol. The van der Waals surface area contributed by atoms with Crippen molar-refractivity contribution in [1.29, 1.82) is 0 Å². The van der Waals surface area contributed by atoms with Gasteiger partial charge in [0, 0.05) is 30.1 Å². The average molecular weight is 232 g/mol. The molecule has 0 spiro atoms. The maximum absolute atomic E-state index is 10.4. The van der Waals surface area contributed by atoms with E-state index in [1.807, 2.05) is 12.1 Å². The van der Waals surface area contributed by atoms with Crippen molar-refractivity contribution in [2.24, 2.45) is 0 Å². The number of H-pyrrole nitrogens is 1. The summed E-state index contributed by atoms with van der Waals surface area (Å²) in [5.74, 6) is -0.878. The fraction of sp³-hybridized carbons (Fsp3) is 0.182. The van der Waals surface area contributed by atoms with Gasteiger partial charge in [0.05, 0.1) is 18.4 Å². The van der Waals surface area contributed by atoms with Gasteiger partial charge in [-0.1, -0.05) is 0 Å². The molecule has 0 saturated heterocycles. The van der Waals surface area contributed by atoms with Gasteiger partial charge in [-0.15, -0.1) is 0 Å². The Morgan fingerprint density at radius 1 is 1.47 bits per heavy atom. The van der Waals surface area contributed by atoms with E-state index in [4.69, 9.17) is 5.11 Å². The van der Waals surface area contributed by atoms with E-state index >= 15 is 0 Å². The number of aliphatic carboxylic acids is 1. The molecule has 6 nitrogen and oxygen atoms in total. The number of carboxylic acid groups (broad SMARTS) is 1. The van der Waals surface area contributed by atoms with Gasteiger partial charge in [0.1, 0.15) is 0 Å². The van der Waals surface area contributed by atoms with E-state index in [9.17, 15) is 4.79 Å². The second-order valence-corrected chi connectivity index (χ2v) is 3.51. The second kappa shape index (κ2) is 5.22. The lowest BCUT2D eigenvalue weighted by molar-refractivity contribution is -0.135. The summed E-state index contributed by atoms with van der Waals surface area (Å²) < 4.78 is 0. The van der Waals surface area contributed by atoms with Gasteiger partial charge in [-0.25, -0.2) is 0 Å². The molecule has 3 N–H and O–H groups in total. The minimum Gasteiger partial charge on any atom is -0.480 e. The lowest BCUT2D eigenvalue weighted by atomic mass is 10.1. The number of aromatic nitrogens is 3. The summed E-state index contributed by atoms with van der Waals surface area (Å²) in [7, 11) is 0. The Morgan fingerprint density at radius 3 is 3.06 bits per heavy atom. The zero-order valence-corrected chi connectivity index (χ0v) is 9.05. The van der Waals surface area contributed by atoms with E-state index in [0.29, 0.717) is 6.54 Å². The van der Waals surface area contributed by atoms with Crippen LogP contribution in [-0.2, 0) is 11.3 Å². The van der Waals surface area contributed by atoms with Gasteiger partial charge in [0.15, 0.2) is 0 Å². The molecule has 0 fully saturated rings. The molecule has 0 aliphatic heterocycles. The first-order valence-electron chi connectivity index (χ1n) is 5.12. The molecule has 88 valence electrons. The first-order chi connectivity index (χ1) is 8.27. The highest BCUT2D eigenvalue weighted by Gasteiger charge is 2.07. The van der Waals surface area contributed by atoms with Crippen LogP contribution in [0, 0.1) is 0 Å². The number of carbonyl (C=O) groups is 1. The molecule has 0 bridgehead atoms. The van der Waals surface area contributed by atoms with Gasteiger partial charge in [-0.2, -0.15) is 5.10 Å². The van der Waals surface area contributed by atoms with Crippen LogP contribution in [0.5, 0.6) is 0 Å². The van der Waals surface area contributed by atoms with Gasteiger partial charge >= 0.3 is 5.97 Å². The number of hydrogen-bond acceptors (Lipinski definition) is 4. The van der Waals surface area contributed by atoms with Crippen molar-refractivity contribution in [1.82, 2.24) is 20.5 Å². The summed E-state index contributed by atoms with van der Waals surface area (Å²) >= 11 is 0. The van der Waals surface area contributed by atoms with Crippen LogP contribution in [0.4, 0.5) is 0 Å². The van der Waals surface area contributed by atoms with Crippen molar-refractivity contribution in [3.63, 3.8) is 0 Å². The molecule has 0 amide bonds. The van der Waals surface area contributed by atoms with E-state index < -0.39 is 5.97 Å². The molecule has 6 heteroatoms. The van der Waals surface area contributed by atoms with Crippen LogP contribution in [0.2, 0.25) is 0 Å². The third-order valence-electron chi connectivity index (χ3n) is 2.26. The van der Waals surface area contributed by atoms with E-state index in [1.54, 1.807) is 18.6 Å². The smallest absolute Gasteiger partial charge is 0.317 e. The van der Waals surface area contributed by atoms with Crippen molar-refractivity contribution < 1.29 is 9.90 Å². The zero-order valence-electron chi connectivity index (χ0n) is 9.05. The number of nitrogens with zero attached hydrogens (tertiary/aromatic N) is 2. The quantitative estimate of drug-likeness (QED) is 0.704. The van der Waals surface area contributed by atoms with Crippen molar-refractivity contribution >= 4 is 5.97 Å². The summed E-state index contributed by atoms with van der Waals surface area (Å²) in [6.45, 7) is 0.380. The van der Waals surface area contributed by atoms with Crippen LogP contribution in [0.25, 0.3) is 11.3 Å². The highest BCUT2D eigenvalue weighted by Crippen LogP contribution is 2.19. The minimum atomic E-state index is -0.878. The van der Waals surface area contributed by atoms with Crippen LogP contribution in [0.3, 0.4) is 0 Å². The SMILES string of the molecule is O=C(O)CNCc1cn[nH]c1-c1cccnc1. The predicted molar refractivity (Wildman–Crippen MR) is 61.2 cm³/mol. The largest absolute Gasteiger partial charge is 0.480 e. The maximum atomic E-state index is 10.4. The Labute approximate surface area is 97.7 Å². The number of pyridine rings is 1. The second-order valence-electron chi connectivity index (χ2n) is 3.51. The molecule has 2 aromatic heterocycles. The highest BCUT2D eigenvalue weighted by atomic mass is 16.4. The first kappa shape index (κ1) is 11.3. The molecule has 0 aliphatic rings. The van der Waals surface area contributed by atoms with Crippen LogP contribution in [0.15, 0.2) is 30.7 Å². The highest BCUT2D eigenvalue weighted by molar-refractivity contribution is 5.69. The zero-order chi connectivity index (χ0) is 12.1. The van der Waals surface area contributed by atoms with Gasteiger partial charge in [-0.05, 0) is 12.1 Å². The van der Waals surface area contributed by atoms with Crippen LogP contribution < -0.4 is 5.32 Å². The Hall–Kier alpha value is -2.21. The molecule has 2 heterocycles. The number of hydrogen-bond donors (Lipinski definition) is 3. The van der Waals surface area contributed by atoms with Crippen LogP contribution in [-0.4, -0.2) is 32.8 Å². The lowest BCUT2D eigenvalue weighted by Crippen LogP contribution is -2.21. The third kappa shape index (κ3) is 2.88. The molecule has 0 unspecified atom stereocenters. The minimum absolute atomic E-state index is 0.0718. The van der Waals surface area contributed by atoms with Crippen molar-refractivity contribution in [2.45, 2.75) is 6.54 Å². The summed E-state index contributed by atoms with van der Waals surface area (Å²) in [6.07, 6.45) is 5.10. The maximum Gasteiger partial charge on any atom is 0.317 e. The van der Waals surface area contributed by atoms with E-state index in [-0.39, 0.29) is 6.54 Å². The van der Waals surface area contributed by atoms with Gasteiger partial charge in [-0.3, -0.25) is 14.9 Å². The Morgan fingerprint density at radius 2 is 2.35 bits per heavy atom. The molecular weight excluding hydrogens is 220 g/mol. The molecule has 2 rings (SSSR count). The van der Waals surface area contributed by atoms with Gasteiger partial charge in [0.2, 0.25) is 0 Å².